The van der Waals surface area contributed by atoms with Crippen LogP contribution in [-0.2, 0) is 4.74 Å². The van der Waals surface area contributed by atoms with Gasteiger partial charge < -0.3 is 19.8 Å². The third-order valence-electron chi connectivity index (χ3n) is 3.76. The molecule has 1 aromatic carbocycles. The van der Waals surface area contributed by atoms with E-state index in [2.05, 4.69) is 10.6 Å². The molecule has 110 valence electrons. The van der Waals surface area contributed by atoms with E-state index in [1.807, 2.05) is 30.3 Å². The van der Waals surface area contributed by atoms with Gasteiger partial charge in [-0.25, -0.2) is 0 Å². The second kappa shape index (κ2) is 6.11. The van der Waals surface area contributed by atoms with Gasteiger partial charge in [-0.1, -0.05) is 12.1 Å². The first-order valence-corrected chi connectivity index (χ1v) is 6.95. The topological polar surface area (TPSA) is 63.5 Å². The zero-order valence-electron chi connectivity index (χ0n) is 11.8. The zero-order chi connectivity index (χ0) is 14.7. The summed E-state index contributed by atoms with van der Waals surface area (Å²) in [5.74, 6) is -0.0869. The smallest absolute Gasteiger partial charge is 0.251 e. The monoisotopic (exact) mass is 286 g/mol. The predicted molar refractivity (Wildman–Crippen MR) is 79.1 cm³/mol. The van der Waals surface area contributed by atoms with Crippen molar-refractivity contribution in [3.8, 4) is 11.1 Å². The number of benzene rings is 1. The predicted octanol–water partition coefficient (Wildman–Crippen LogP) is 1.66. The Morgan fingerprint density at radius 2 is 2.24 bits per heavy atom. The number of carbonyl (C=O) groups excluding carboxylic acids is 1. The number of ether oxygens (including phenoxy) is 1. The van der Waals surface area contributed by atoms with Crippen LogP contribution in [0.2, 0.25) is 0 Å². The highest BCUT2D eigenvalue weighted by Gasteiger charge is 2.28. The molecule has 1 fully saturated rings. The number of amides is 1. The van der Waals surface area contributed by atoms with Crippen molar-refractivity contribution in [3.05, 3.63) is 48.4 Å². The van der Waals surface area contributed by atoms with E-state index in [1.54, 1.807) is 19.6 Å². The van der Waals surface area contributed by atoms with Crippen molar-refractivity contribution in [1.82, 2.24) is 10.6 Å². The van der Waals surface area contributed by atoms with Crippen molar-refractivity contribution < 1.29 is 13.9 Å². The van der Waals surface area contributed by atoms with Gasteiger partial charge >= 0.3 is 0 Å². The molecule has 1 saturated heterocycles. The van der Waals surface area contributed by atoms with E-state index in [4.69, 9.17) is 9.15 Å². The summed E-state index contributed by atoms with van der Waals surface area (Å²) in [6.07, 6.45) is 3.31. The Balaban J connectivity index is 1.74. The van der Waals surface area contributed by atoms with Crippen molar-refractivity contribution in [2.24, 2.45) is 0 Å². The van der Waals surface area contributed by atoms with Crippen LogP contribution in [0.25, 0.3) is 11.1 Å². The Morgan fingerprint density at radius 3 is 3.00 bits per heavy atom. The first-order chi connectivity index (χ1) is 10.3. The summed E-state index contributed by atoms with van der Waals surface area (Å²) in [6.45, 7) is 1.49. The Labute approximate surface area is 123 Å². The lowest BCUT2D eigenvalue weighted by Gasteiger charge is -2.18. The van der Waals surface area contributed by atoms with Crippen molar-refractivity contribution in [1.29, 1.82) is 0 Å². The Kier molecular flexibility index (Phi) is 4.03. The molecule has 2 heterocycles. The van der Waals surface area contributed by atoms with Gasteiger partial charge in [0.2, 0.25) is 0 Å². The van der Waals surface area contributed by atoms with Crippen molar-refractivity contribution >= 4 is 5.91 Å². The largest absolute Gasteiger partial charge is 0.472 e. The van der Waals surface area contributed by atoms with Gasteiger partial charge in [-0.2, -0.15) is 0 Å². The fourth-order valence-electron chi connectivity index (χ4n) is 2.57. The highest BCUT2D eigenvalue weighted by molar-refractivity contribution is 5.95. The third-order valence-corrected chi connectivity index (χ3v) is 3.76. The van der Waals surface area contributed by atoms with Gasteiger partial charge in [0, 0.05) is 31.3 Å². The molecule has 0 saturated carbocycles. The highest BCUT2D eigenvalue weighted by atomic mass is 16.5. The average Bonchev–Trinajstić information content (AvgIpc) is 3.18. The fourth-order valence-corrected chi connectivity index (χ4v) is 2.57. The lowest BCUT2D eigenvalue weighted by atomic mass is 10.1. The molecule has 0 aliphatic carbocycles. The zero-order valence-corrected chi connectivity index (χ0v) is 11.8. The molecule has 0 bridgehead atoms. The molecule has 5 nitrogen and oxygen atoms in total. The minimum atomic E-state index is -0.0869. The van der Waals surface area contributed by atoms with Gasteiger partial charge in [0.25, 0.3) is 5.91 Å². The SMILES string of the molecule is CO[C@H]1CNCC1NC(=O)c1cccc(-c2ccoc2)c1. The highest BCUT2D eigenvalue weighted by Crippen LogP contribution is 2.20. The van der Waals surface area contributed by atoms with E-state index in [9.17, 15) is 4.79 Å². The molecular formula is C16H18N2O3. The molecule has 1 aliphatic rings. The molecule has 2 aromatic rings. The number of carbonyl (C=O) groups is 1. The summed E-state index contributed by atoms with van der Waals surface area (Å²) in [6, 6.07) is 9.38. The van der Waals surface area contributed by atoms with Crippen LogP contribution in [0.3, 0.4) is 0 Å². The molecule has 5 heteroatoms. The number of furan rings is 1. The van der Waals surface area contributed by atoms with E-state index in [1.165, 1.54) is 0 Å². The second-order valence-corrected chi connectivity index (χ2v) is 5.11. The lowest BCUT2D eigenvalue weighted by Crippen LogP contribution is -2.43. The maximum Gasteiger partial charge on any atom is 0.251 e. The molecule has 2 atom stereocenters. The van der Waals surface area contributed by atoms with Gasteiger partial charge in [-0.05, 0) is 23.8 Å². The lowest BCUT2D eigenvalue weighted by molar-refractivity contribution is 0.0780. The summed E-state index contributed by atoms with van der Waals surface area (Å²) in [5.41, 5.74) is 2.56. The fraction of sp³-hybridized carbons (Fsp3) is 0.312. The van der Waals surface area contributed by atoms with Crippen LogP contribution in [0.5, 0.6) is 0 Å². The van der Waals surface area contributed by atoms with Crippen LogP contribution in [0.15, 0.2) is 47.3 Å². The standard InChI is InChI=1S/C16H18N2O3/c1-20-15-9-17-8-14(15)18-16(19)12-4-2-3-11(7-12)13-5-6-21-10-13/h2-7,10,14-15,17H,8-9H2,1H3,(H,18,19)/t14?,15-/m0/s1. The Hall–Kier alpha value is -2.11. The van der Waals surface area contributed by atoms with Crippen molar-refractivity contribution in [3.63, 3.8) is 0 Å². The van der Waals surface area contributed by atoms with Gasteiger partial charge in [0.05, 0.1) is 24.7 Å². The van der Waals surface area contributed by atoms with Crippen LogP contribution in [0.1, 0.15) is 10.4 Å². The van der Waals surface area contributed by atoms with E-state index in [0.29, 0.717) is 5.56 Å². The molecule has 0 radical (unpaired) electrons. The number of hydrogen-bond acceptors (Lipinski definition) is 4. The average molecular weight is 286 g/mol. The molecule has 2 N–H and O–H groups in total. The quantitative estimate of drug-likeness (QED) is 0.897. The number of hydrogen-bond donors (Lipinski definition) is 2. The van der Waals surface area contributed by atoms with Crippen molar-refractivity contribution in [2.45, 2.75) is 12.1 Å². The molecule has 1 amide bonds. The van der Waals surface area contributed by atoms with Gasteiger partial charge in [-0.3, -0.25) is 4.79 Å². The van der Waals surface area contributed by atoms with Crippen LogP contribution in [0, 0.1) is 0 Å². The number of rotatable bonds is 4. The molecule has 21 heavy (non-hydrogen) atoms. The van der Waals surface area contributed by atoms with Crippen LogP contribution in [-0.4, -0.2) is 38.3 Å². The Morgan fingerprint density at radius 1 is 1.33 bits per heavy atom. The summed E-state index contributed by atoms with van der Waals surface area (Å²) in [5, 5.41) is 6.23. The minimum Gasteiger partial charge on any atom is -0.472 e. The van der Waals surface area contributed by atoms with Gasteiger partial charge in [0.15, 0.2) is 0 Å². The molecular weight excluding hydrogens is 268 g/mol. The Bertz CT molecular complexity index is 610. The van der Waals surface area contributed by atoms with E-state index >= 15 is 0 Å². The van der Waals surface area contributed by atoms with E-state index in [-0.39, 0.29) is 18.1 Å². The van der Waals surface area contributed by atoms with E-state index < -0.39 is 0 Å². The van der Waals surface area contributed by atoms with Crippen molar-refractivity contribution in [2.75, 3.05) is 20.2 Å². The maximum absolute atomic E-state index is 12.4. The number of methoxy groups -OCH3 is 1. The van der Waals surface area contributed by atoms with E-state index in [0.717, 1.165) is 24.2 Å². The molecule has 1 aromatic heterocycles. The second-order valence-electron chi connectivity index (χ2n) is 5.11. The van der Waals surface area contributed by atoms with Crippen LogP contribution < -0.4 is 10.6 Å². The minimum absolute atomic E-state index is 0.0000754. The number of nitrogens with one attached hydrogen (secondary N) is 2. The van der Waals surface area contributed by atoms with Crippen LogP contribution in [0.4, 0.5) is 0 Å². The summed E-state index contributed by atoms with van der Waals surface area (Å²) >= 11 is 0. The summed E-state index contributed by atoms with van der Waals surface area (Å²) in [7, 11) is 1.66. The van der Waals surface area contributed by atoms with Crippen LogP contribution >= 0.6 is 0 Å². The summed E-state index contributed by atoms with van der Waals surface area (Å²) in [4.78, 5) is 12.4. The summed E-state index contributed by atoms with van der Waals surface area (Å²) < 4.78 is 10.4. The molecule has 3 rings (SSSR count). The molecule has 1 unspecified atom stereocenters. The van der Waals surface area contributed by atoms with Gasteiger partial charge in [0.1, 0.15) is 0 Å². The maximum atomic E-state index is 12.4. The van der Waals surface area contributed by atoms with Gasteiger partial charge in [-0.15, -0.1) is 0 Å². The molecule has 0 spiro atoms. The first-order valence-electron chi connectivity index (χ1n) is 6.95. The normalized spacial score (nSPS) is 21.4. The third kappa shape index (κ3) is 2.99. The first kappa shape index (κ1) is 13.9. The molecule has 1 aliphatic heterocycles.